The molecule has 0 amide bonds. The van der Waals surface area contributed by atoms with Gasteiger partial charge in [-0.05, 0) is 25.1 Å². The van der Waals surface area contributed by atoms with Crippen molar-refractivity contribution in [3.05, 3.63) is 59.8 Å². The number of nitrogens with two attached hydrogens (primary N) is 1. The number of para-hydroxylation sites is 1. The number of aryl methyl sites for hydroxylation is 1. The normalized spacial score (nSPS) is 14.3. The van der Waals surface area contributed by atoms with E-state index in [2.05, 4.69) is 10.1 Å². The largest absolute Gasteiger partial charge is 0.320 e. The molecule has 3 rings (SSSR count). The topological polar surface area (TPSA) is 56.7 Å². The van der Waals surface area contributed by atoms with Gasteiger partial charge in [0.2, 0.25) is 0 Å². The quantitative estimate of drug-likeness (QED) is 0.804. The molecule has 0 aliphatic rings. The summed E-state index contributed by atoms with van der Waals surface area (Å²) in [7, 11) is 1.91. The van der Waals surface area contributed by atoms with Crippen molar-refractivity contribution in [2.24, 2.45) is 12.8 Å². The lowest BCUT2D eigenvalue weighted by molar-refractivity contribution is 0.466. The zero-order chi connectivity index (χ0) is 15.0. The van der Waals surface area contributed by atoms with E-state index < -0.39 is 5.54 Å². The van der Waals surface area contributed by atoms with Crippen LogP contribution in [0, 0.1) is 5.82 Å². The molecule has 1 unspecified atom stereocenters. The van der Waals surface area contributed by atoms with Gasteiger partial charge in [-0.2, -0.15) is 5.10 Å². The maximum Gasteiger partial charge on any atom is 0.141 e. The van der Waals surface area contributed by atoms with Crippen LogP contribution in [0.1, 0.15) is 18.3 Å². The van der Waals surface area contributed by atoms with Gasteiger partial charge in [0.25, 0.3) is 0 Å². The molecule has 2 heterocycles. The van der Waals surface area contributed by atoms with Crippen molar-refractivity contribution in [1.82, 2.24) is 14.8 Å². The summed E-state index contributed by atoms with van der Waals surface area (Å²) >= 11 is 0. The fourth-order valence-corrected chi connectivity index (χ4v) is 2.57. The lowest BCUT2D eigenvalue weighted by Gasteiger charge is -2.23. The molecule has 0 fully saturated rings. The standard InChI is InChI=1S/C16H17FN4/c1-16(18,15-8-7-11(17)10-19-15)9-13-12-5-3-4-6-14(12)21(2)20-13/h3-8,10H,9,18H2,1-2H3. The van der Waals surface area contributed by atoms with Crippen LogP contribution in [-0.2, 0) is 19.0 Å². The van der Waals surface area contributed by atoms with Crippen molar-refractivity contribution >= 4 is 10.9 Å². The van der Waals surface area contributed by atoms with Crippen LogP contribution in [0.3, 0.4) is 0 Å². The third kappa shape index (κ3) is 2.52. The highest BCUT2D eigenvalue weighted by Crippen LogP contribution is 2.25. The summed E-state index contributed by atoms with van der Waals surface area (Å²) in [6, 6.07) is 11.0. The zero-order valence-corrected chi connectivity index (χ0v) is 12.0. The molecule has 0 aliphatic carbocycles. The molecular weight excluding hydrogens is 267 g/mol. The number of pyridine rings is 1. The Kier molecular flexibility index (Phi) is 3.22. The Balaban J connectivity index is 1.99. The summed E-state index contributed by atoms with van der Waals surface area (Å²) in [6.45, 7) is 1.89. The van der Waals surface area contributed by atoms with Gasteiger partial charge in [-0.1, -0.05) is 18.2 Å². The number of aromatic nitrogens is 3. The zero-order valence-electron chi connectivity index (χ0n) is 12.0. The molecule has 0 spiro atoms. The van der Waals surface area contributed by atoms with Crippen molar-refractivity contribution in [2.45, 2.75) is 18.9 Å². The molecule has 2 N–H and O–H groups in total. The summed E-state index contributed by atoms with van der Waals surface area (Å²) in [5.74, 6) is -0.363. The molecule has 21 heavy (non-hydrogen) atoms. The van der Waals surface area contributed by atoms with Crippen LogP contribution < -0.4 is 5.73 Å². The first-order valence-electron chi connectivity index (χ1n) is 6.79. The number of fused-ring (bicyclic) bond motifs is 1. The third-order valence-corrected chi connectivity index (χ3v) is 3.68. The summed E-state index contributed by atoms with van der Waals surface area (Å²) in [4.78, 5) is 4.10. The lowest BCUT2D eigenvalue weighted by atomic mass is 9.91. The molecule has 0 aliphatic heterocycles. The van der Waals surface area contributed by atoms with Gasteiger partial charge in [0, 0.05) is 18.9 Å². The van der Waals surface area contributed by atoms with Crippen LogP contribution in [0.15, 0.2) is 42.6 Å². The van der Waals surface area contributed by atoms with E-state index in [0.717, 1.165) is 16.6 Å². The van der Waals surface area contributed by atoms with Gasteiger partial charge in [0.15, 0.2) is 0 Å². The van der Waals surface area contributed by atoms with Crippen LogP contribution >= 0.6 is 0 Å². The van der Waals surface area contributed by atoms with E-state index in [1.807, 2.05) is 42.9 Å². The number of benzene rings is 1. The smallest absolute Gasteiger partial charge is 0.141 e. The van der Waals surface area contributed by atoms with Crippen LogP contribution in [0.25, 0.3) is 10.9 Å². The van der Waals surface area contributed by atoms with Crippen LogP contribution in [0.5, 0.6) is 0 Å². The number of rotatable bonds is 3. The molecule has 3 aromatic rings. The average molecular weight is 284 g/mol. The second kappa shape index (κ2) is 4.93. The molecular formula is C16H17FN4. The number of nitrogens with zero attached hydrogens (tertiary/aromatic N) is 3. The molecule has 4 nitrogen and oxygen atoms in total. The minimum Gasteiger partial charge on any atom is -0.320 e. The van der Waals surface area contributed by atoms with Crippen molar-refractivity contribution in [1.29, 1.82) is 0 Å². The molecule has 2 aromatic heterocycles. The highest BCUT2D eigenvalue weighted by atomic mass is 19.1. The van der Waals surface area contributed by atoms with Gasteiger partial charge in [-0.3, -0.25) is 9.67 Å². The summed E-state index contributed by atoms with van der Waals surface area (Å²) in [5.41, 5.74) is 8.32. The van der Waals surface area contributed by atoms with E-state index in [-0.39, 0.29) is 5.82 Å². The Hall–Kier alpha value is -2.27. The van der Waals surface area contributed by atoms with Crippen molar-refractivity contribution in [3.8, 4) is 0 Å². The molecule has 0 saturated carbocycles. The van der Waals surface area contributed by atoms with Crippen molar-refractivity contribution in [3.63, 3.8) is 0 Å². The molecule has 0 radical (unpaired) electrons. The summed E-state index contributed by atoms with van der Waals surface area (Å²) < 4.78 is 14.8. The summed E-state index contributed by atoms with van der Waals surface area (Å²) in [6.07, 6.45) is 1.73. The van der Waals surface area contributed by atoms with Gasteiger partial charge >= 0.3 is 0 Å². The first-order chi connectivity index (χ1) is 9.97. The van der Waals surface area contributed by atoms with Gasteiger partial charge in [-0.15, -0.1) is 0 Å². The second-order valence-corrected chi connectivity index (χ2v) is 5.54. The molecule has 0 saturated heterocycles. The van der Waals surface area contributed by atoms with Crippen molar-refractivity contribution < 1.29 is 4.39 Å². The fourth-order valence-electron chi connectivity index (χ4n) is 2.57. The van der Waals surface area contributed by atoms with E-state index in [0.29, 0.717) is 12.1 Å². The van der Waals surface area contributed by atoms with E-state index in [9.17, 15) is 4.39 Å². The number of halogens is 1. The number of hydrogen-bond acceptors (Lipinski definition) is 3. The predicted octanol–water partition coefficient (Wildman–Crippen LogP) is 2.52. The molecule has 1 aromatic carbocycles. The highest BCUT2D eigenvalue weighted by molar-refractivity contribution is 5.82. The third-order valence-electron chi connectivity index (χ3n) is 3.68. The van der Waals surface area contributed by atoms with Crippen LogP contribution in [0.4, 0.5) is 4.39 Å². The Labute approximate surface area is 122 Å². The Morgan fingerprint density at radius 1 is 1.24 bits per heavy atom. The Bertz CT molecular complexity index is 775. The van der Waals surface area contributed by atoms with Crippen LogP contribution in [0.2, 0.25) is 0 Å². The van der Waals surface area contributed by atoms with Gasteiger partial charge in [0.05, 0.1) is 28.6 Å². The second-order valence-electron chi connectivity index (χ2n) is 5.54. The van der Waals surface area contributed by atoms with Gasteiger partial charge < -0.3 is 5.73 Å². The predicted molar refractivity (Wildman–Crippen MR) is 80.2 cm³/mol. The fraction of sp³-hybridized carbons (Fsp3) is 0.250. The molecule has 0 bridgehead atoms. The molecule has 5 heteroatoms. The minimum atomic E-state index is -0.704. The van der Waals surface area contributed by atoms with Gasteiger partial charge in [0.1, 0.15) is 5.82 Å². The minimum absolute atomic E-state index is 0.363. The van der Waals surface area contributed by atoms with Crippen LogP contribution in [-0.4, -0.2) is 14.8 Å². The van der Waals surface area contributed by atoms with E-state index >= 15 is 0 Å². The Morgan fingerprint density at radius 3 is 2.71 bits per heavy atom. The lowest BCUT2D eigenvalue weighted by Crippen LogP contribution is -2.36. The first-order valence-corrected chi connectivity index (χ1v) is 6.79. The average Bonchev–Trinajstić information content (AvgIpc) is 2.76. The maximum atomic E-state index is 13.0. The van der Waals surface area contributed by atoms with E-state index in [4.69, 9.17) is 5.73 Å². The van der Waals surface area contributed by atoms with E-state index in [1.165, 1.54) is 12.3 Å². The van der Waals surface area contributed by atoms with Crippen molar-refractivity contribution in [2.75, 3.05) is 0 Å². The maximum absolute atomic E-state index is 13.0. The molecule has 108 valence electrons. The SMILES string of the molecule is Cn1nc(CC(C)(N)c2ccc(F)cn2)c2ccccc21. The first kappa shape index (κ1) is 13.7. The summed E-state index contributed by atoms with van der Waals surface area (Å²) in [5, 5.41) is 5.64. The monoisotopic (exact) mass is 284 g/mol. The van der Waals surface area contributed by atoms with E-state index in [1.54, 1.807) is 6.07 Å². The molecule has 1 atom stereocenters. The van der Waals surface area contributed by atoms with Gasteiger partial charge in [-0.25, -0.2) is 4.39 Å². The number of hydrogen-bond donors (Lipinski definition) is 1. The highest BCUT2D eigenvalue weighted by Gasteiger charge is 2.26. The Morgan fingerprint density at radius 2 is 2.00 bits per heavy atom.